The summed E-state index contributed by atoms with van der Waals surface area (Å²) < 4.78 is 5.78. The van der Waals surface area contributed by atoms with E-state index in [4.69, 9.17) is 27.5 Å². The molecule has 0 bridgehead atoms. The number of amidine groups is 1. The molecule has 0 atom stereocenters. The minimum Gasteiger partial charge on any atom is -0.384 e. The molecule has 0 fully saturated rings. The molecule has 0 radical (unpaired) electrons. The molecule has 0 aliphatic carbocycles. The smallest absolute Gasteiger partial charge is 0.122 e. The van der Waals surface area contributed by atoms with E-state index in [1.807, 2.05) is 19.9 Å². The fraction of sp³-hybridized carbons (Fsp3) is 0.462. The van der Waals surface area contributed by atoms with E-state index in [0.717, 1.165) is 12.0 Å². The van der Waals surface area contributed by atoms with Gasteiger partial charge in [0.15, 0.2) is 0 Å². The monoisotopic (exact) mass is 254 g/mol. The Kier molecular flexibility index (Phi) is 4.54. The van der Waals surface area contributed by atoms with Crippen molar-refractivity contribution in [2.75, 3.05) is 0 Å². The summed E-state index contributed by atoms with van der Waals surface area (Å²) in [5.41, 5.74) is 6.79. The molecule has 0 aliphatic heterocycles. The highest BCUT2D eigenvalue weighted by Crippen LogP contribution is 2.22. The van der Waals surface area contributed by atoms with Crippen molar-refractivity contribution >= 4 is 17.4 Å². The van der Waals surface area contributed by atoms with Crippen molar-refractivity contribution in [3.63, 3.8) is 0 Å². The largest absolute Gasteiger partial charge is 0.384 e. The zero-order chi connectivity index (χ0) is 13.1. The summed E-state index contributed by atoms with van der Waals surface area (Å²) >= 11 is 6.11. The van der Waals surface area contributed by atoms with Crippen LogP contribution in [0.25, 0.3) is 0 Å². The van der Waals surface area contributed by atoms with E-state index >= 15 is 0 Å². The first-order valence-corrected chi connectivity index (χ1v) is 6.00. The molecule has 0 amide bonds. The predicted molar refractivity (Wildman–Crippen MR) is 71.6 cm³/mol. The van der Waals surface area contributed by atoms with Crippen LogP contribution < -0.4 is 5.73 Å². The third kappa shape index (κ3) is 4.02. The molecule has 3 nitrogen and oxygen atoms in total. The minimum atomic E-state index is -0.150. The van der Waals surface area contributed by atoms with Gasteiger partial charge in [-0.15, -0.1) is 0 Å². The second-order valence-corrected chi connectivity index (χ2v) is 5.03. The van der Waals surface area contributed by atoms with Crippen LogP contribution in [0, 0.1) is 5.41 Å². The molecular weight excluding hydrogens is 236 g/mol. The maximum absolute atomic E-state index is 7.32. The highest BCUT2D eigenvalue weighted by Gasteiger charge is 2.16. The van der Waals surface area contributed by atoms with Gasteiger partial charge in [0, 0.05) is 10.6 Å². The van der Waals surface area contributed by atoms with Gasteiger partial charge in [-0.3, -0.25) is 5.41 Å². The summed E-state index contributed by atoms with van der Waals surface area (Å²) in [6.07, 6.45) is 0.941. The number of benzene rings is 1. The van der Waals surface area contributed by atoms with E-state index in [2.05, 4.69) is 6.92 Å². The Morgan fingerprint density at radius 1 is 1.47 bits per heavy atom. The lowest BCUT2D eigenvalue weighted by molar-refractivity contribution is -0.0315. The Bertz CT molecular complexity index is 416. The normalized spacial score (nSPS) is 11.5. The molecule has 1 aromatic rings. The van der Waals surface area contributed by atoms with Gasteiger partial charge in [-0.2, -0.15) is 0 Å². The van der Waals surface area contributed by atoms with Gasteiger partial charge in [0.2, 0.25) is 0 Å². The lowest BCUT2D eigenvalue weighted by atomic mass is 10.1. The molecule has 17 heavy (non-hydrogen) atoms. The van der Waals surface area contributed by atoms with Crippen LogP contribution in [0.1, 0.15) is 38.3 Å². The fourth-order valence-electron chi connectivity index (χ4n) is 1.21. The molecule has 4 heteroatoms. The van der Waals surface area contributed by atoms with Crippen LogP contribution in [0.5, 0.6) is 0 Å². The zero-order valence-corrected chi connectivity index (χ0v) is 11.3. The van der Waals surface area contributed by atoms with Gasteiger partial charge in [-0.25, -0.2) is 0 Å². The fourth-order valence-corrected chi connectivity index (χ4v) is 1.44. The first-order chi connectivity index (χ1) is 7.85. The van der Waals surface area contributed by atoms with Crippen LogP contribution in [0.2, 0.25) is 5.02 Å². The van der Waals surface area contributed by atoms with Gasteiger partial charge in [0.05, 0.1) is 12.2 Å². The van der Waals surface area contributed by atoms with E-state index < -0.39 is 0 Å². The van der Waals surface area contributed by atoms with E-state index in [1.54, 1.807) is 12.1 Å². The molecule has 0 heterocycles. The average molecular weight is 255 g/mol. The molecule has 94 valence electrons. The Balaban J connectivity index is 2.77. The Morgan fingerprint density at radius 2 is 2.12 bits per heavy atom. The summed E-state index contributed by atoms with van der Waals surface area (Å²) in [6.45, 7) is 6.65. The van der Waals surface area contributed by atoms with Crippen LogP contribution in [0.15, 0.2) is 18.2 Å². The second-order valence-electron chi connectivity index (χ2n) is 4.62. The number of ether oxygens (including phenoxy) is 1. The van der Waals surface area contributed by atoms with Crippen LogP contribution in [-0.4, -0.2) is 11.4 Å². The molecular formula is C13H19ClN2O. The summed E-state index contributed by atoms with van der Waals surface area (Å²) in [4.78, 5) is 0. The molecule has 0 saturated heterocycles. The van der Waals surface area contributed by atoms with Crippen molar-refractivity contribution in [3.05, 3.63) is 34.3 Å². The van der Waals surface area contributed by atoms with Gasteiger partial charge >= 0.3 is 0 Å². The molecule has 0 aliphatic rings. The number of nitrogens with one attached hydrogen (secondary N) is 1. The zero-order valence-electron chi connectivity index (χ0n) is 10.5. The van der Waals surface area contributed by atoms with E-state index in [0.29, 0.717) is 17.2 Å². The SMILES string of the molecule is CCC(C)(C)OCc1ccc(C(=N)N)cc1Cl. The second kappa shape index (κ2) is 5.52. The number of nitrogen functional groups attached to an aromatic ring is 1. The van der Waals surface area contributed by atoms with Crippen molar-refractivity contribution in [2.24, 2.45) is 5.73 Å². The van der Waals surface area contributed by atoms with E-state index in [1.165, 1.54) is 0 Å². The average Bonchev–Trinajstić information content (AvgIpc) is 2.27. The lowest BCUT2D eigenvalue weighted by Gasteiger charge is -2.23. The van der Waals surface area contributed by atoms with Crippen molar-refractivity contribution < 1.29 is 4.74 Å². The quantitative estimate of drug-likeness (QED) is 0.626. The molecule has 3 N–H and O–H groups in total. The topological polar surface area (TPSA) is 59.1 Å². The van der Waals surface area contributed by atoms with Crippen molar-refractivity contribution in [1.29, 1.82) is 5.41 Å². The maximum Gasteiger partial charge on any atom is 0.122 e. The van der Waals surface area contributed by atoms with Crippen LogP contribution in [-0.2, 0) is 11.3 Å². The summed E-state index contributed by atoms with van der Waals surface area (Å²) in [5, 5.41) is 7.91. The summed E-state index contributed by atoms with van der Waals surface area (Å²) in [6, 6.07) is 5.33. The van der Waals surface area contributed by atoms with Gasteiger partial charge in [0.1, 0.15) is 5.84 Å². The minimum absolute atomic E-state index is 0.0215. The number of rotatable bonds is 5. The summed E-state index contributed by atoms with van der Waals surface area (Å²) in [7, 11) is 0. The first kappa shape index (κ1) is 14.0. The molecule has 0 spiro atoms. The maximum atomic E-state index is 7.32. The molecule has 1 rings (SSSR count). The van der Waals surface area contributed by atoms with Crippen molar-refractivity contribution in [1.82, 2.24) is 0 Å². The number of nitrogens with two attached hydrogens (primary N) is 1. The Hall–Kier alpha value is -1.06. The molecule has 0 aromatic heterocycles. The number of hydrogen-bond donors (Lipinski definition) is 2. The van der Waals surface area contributed by atoms with Gasteiger partial charge in [-0.1, -0.05) is 30.7 Å². The summed E-state index contributed by atoms with van der Waals surface area (Å²) in [5.74, 6) is 0.0215. The molecule has 0 unspecified atom stereocenters. The van der Waals surface area contributed by atoms with Crippen molar-refractivity contribution in [2.45, 2.75) is 39.4 Å². The standard InChI is InChI=1S/C13H19ClN2O/c1-4-13(2,3)17-8-10-6-5-9(12(15)16)7-11(10)14/h5-7H,4,8H2,1-3H3,(H3,15,16). The van der Waals surface area contributed by atoms with Crippen LogP contribution in [0.3, 0.4) is 0 Å². The van der Waals surface area contributed by atoms with Crippen LogP contribution >= 0.6 is 11.6 Å². The Labute approximate surface area is 107 Å². The van der Waals surface area contributed by atoms with Crippen molar-refractivity contribution in [3.8, 4) is 0 Å². The lowest BCUT2D eigenvalue weighted by Crippen LogP contribution is -2.22. The van der Waals surface area contributed by atoms with Gasteiger partial charge in [0.25, 0.3) is 0 Å². The molecule has 0 saturated carbocycles. The third-order valence-electron chi connectivity index (χ3n) is 2.83. The highest BCUT2D eigenvalue weighted by atomic mass is 35.5. The van der Waals surface area contributed by atoms with E-state index in [9.17, 15) is 0 Å². The van der Waals surface area contributed by atoms with E-state index in [-0.39, 0.29) is 11.4 Å². The number of hydrogen-bond acceptors (Lipinski definition) is 2. The Morgan fingerprint density at radius 3 is 2.59 bits per heavy atom. The van der Waals surface area contributed by atoms with Crippen LogP contribution in [0.4, 0.5) is 0 Å². The number of halogens is 1. The van der Waals surface area contributed by atoms with Gasteiger partial charge < -0.3 is 10.5 Å². The highest BCUT2D eigenvalue weighted by molar-refractivity contribution is 6.31. The first-order valence-electron chi connectivity index (χ1n) is 5.62. The predicted octanol–water partition coefficient (Wildman–Crippen LogP) is 3.33. The van der Waals surface area contributed by atoms with Gasteiger partial charge in [-0.05, 0) is 31.9 Å². The molecule has 1 aromatic carbocycles. The third-order valence-corrected chi connectivity index (χ3v) is 3.19.